The Kier molecular flexibility index (Phi) is 6.59. The summed E-state index contributed by atoms with van der Waals surface area (Å²) in [5.74, 6) is 1.94. The van der Waals surface area contributed by atoms with Gasteiger partial charge in [-0.25, -0.2) is 15.0 Å². The number of imidazole rings is 1. The lowest BCUT2D eigenvalue weighted by Gasteiger charge is -2.23. The van der Waals surface area contributed by atoms with Crippen molar-refractivity contribution < 1.29 is 9.47 Å². The number of ether oxygens (including phenoxy) is 2. The van der Waals surface area contributed by atoms with Crippen molar-refractivity contribution in [2.24, 2.45) is 5.92 Å². The van der Waals surface area contributed by atoms with Gasteiger partial charge in [0.05, 0.1) is 25.1 Å². The molecule has 1 aliphatic heterocycles. The van der Waals surface area contributed by atoms with Crippen molar-refractivity contribution in [3.63, 3.8) is 0 Å². The number of rotatable bonds is 7. The van der Waals surface area contributed by atoms with E-state index in [1.807, 2.05) is 30.7 Å². The van der Waals surface area contributed by atoms with Gasteiger partial charge in [0.15, 0.2) is 5.82 Å². The zero-order chi connectivity index (χ0) is 23.2. The molecule has 5 rings (SSSR count). The Morgan fingerprint density at radius 1 is 1.24 bits per heavy atom. The minimum Gasteiger partial charge on any atom is -0.489 e. The number of hydrogen-bond donors (Lipinski definition) is 1. The van der Waals surface area contributed by atoms with Crippen molar-refractivity contribution in [1.82, 2.24) is 24.5 Å². The maximum absolute atomic E-state index is 9.65. The molecule has 1 saturated heterocycles. The second-order valence-electron chi connectivity index (χ2n) is 8.28. The van der Waals surface area contributed by atoms with Crippen LogP contribution in [0.15, 0.2) is 67.2 Å². The molecule has 1 unspecified atom stereocenters. The van der Waals surface area contributed by atoms with Crippen LogP contribution in [0, 0.1) is 17.2 Å². The molecule has 3 heterocycles. The predicted molar refractivity (Wildman–Crippen MR) is 126 cm³/mol. The molecule has 0 radical (unpaired) electrons. The van der Waals surface area contributed by atoms with Crippen LogP contribution in [0.2, 0.25) is 0 Å². The summed E-state index contributed by atoms with van der Waals surface area (Å²) in [6.07, 6.45) is 16.1. The van der Waals surface area contributed by atoms with Gasteiger partial charge in [-0.1, -0.05) is 12.2 Å². The normalized spacial score (nSPS) is 18.2. The largest absolute Gasteiger partial charge is 0.489 e. The Balaban J connectivity index is 1.25. The topological polar surface area (TPSA) is 111 Å². The smallest absolute Gasteiger partial charge is 0.230 e. The third kappa shape index (κ3) is 5.30. The van der Waals surface area contributed by atoms with Gasteiger partial charge in [0.1, 0.15) is 24.3 Å². The SMILES string of the molecule is N#Cc1cc(-c2ncnc(NC3=CCC(Cn4ccnc4)C=C3)n2)ccc1OC1CCOCC1. The lowest BCUT2D eigenvalue weighted by molar-refractivity contribution is 0.0254. The Labute approximate surface area is 197 Å². The summed E-state index contributed by atoms with van der Waals surface area (Å²) in [6.45, 7) is 2.26. The van der Waals surface area contributed by atoms with Crippen LogP contribution >= 0.6 is 0 Å². The Bertz CT molecular complexity index is 1220. The second-order valence-corrected chi connectivity index (χ2v) is 8.28. The van der Waals surface area contributed by atoms with E-state index in [4.69, 9.17) is 9.47 Å². The van der Waals surface area contributed by atoms with Crippen LogP contribution in [0.5, 0.6) is 5.75 Å². The van der Waals surface area contributed by atoms with Gasteiger partial charge in [-0.15, -0.1) is 0 Å². The third-order valence-corrected chi connectivity index (χ3v) is 5.84. The fourth-order valence-electron chi connectivity index (χ4n) is 4.02. The molecule has 1 N–H and O–H groups in total. The maximum Gasteiger partial charge on any atom is 0.230 e. The lowest BCUT2D eigenvalue weighted by Crippen LogP contribution is -2.26. The number of benzene rings is 1. The van der Waals surface area contributed by atoms with E-state index in [1.165, 1.54) is 6.33 Å². The van der Waals surface area contributed by atoms with Crippen LogP contribution in [-0.4, -0.2) is 43.8 Å². The van der Waals surface area contributed by atoms with Crippen molar-refractivity contribution in [3.05, 3.63) is 72.7 Å². The molecule has 1 aromatic carbocycles. The quantitative estimate of drug-likeness (QED) is 0.574. The minimum atomic E-state index is 0.0658. The zero-order valence-corrected chi connectivity index (χ0v) is 18.7. The highest BCUT2D eigenvalue weighted by atomic mass is 16.5. The number of allylic oxidation sites excluding steroid dienone is 3. The summed E-state index contributed by atoms with van der Waals surface area (Å²) >= 11 is 0. The first kappa shape index (κ1) is 21.8. The highest BCUT2D eigenvalue weighted by Gasteiger charge is 2.18. The first-order valence-electron chi connectivity index (χ1n) is 11.4. The molecule has 172 valence electrons. The zero-order valence-electron chi connectivity index (χ0n) is 18.7. The number of nitrogens with one attached hydrogen (secondary N) is 1. The summed E-state index contributed by atoms with van der Waals surface area (Å²) in [6, 6.07) is 7.67. The van der Waals surface area contributed by atoms with Crippen molar-refractivity contribution in [2.75, 3.05) is 18.5 Å². The maximum atomic E-state index is 9.65. The molecule has 0 amide bonds. The van der Waals surface area contributed by atoms with Crippen LogP contribution in [0.25, 0.3) is 11.4 Å². The van der Waals surface area contributed by atoms with E-state index in [1.54, 1.807) is 12.3 Å². The summed E-state index contributed by atoms with van der Waals surface area (Å²) in [5, 5.41) is 12.9. The number of hydrogen-bond acceptors (Lipinski definition) is 8. The van der Waals surface area contributed by atoms with Crippen molar-refractivity contribution in [1.29, 1.82) is 5.26 Å². The van der Waals surface area contributed by atoms with Crippen LogP contribution in [0.3, 0.4) is 0 Å². The van der Waals surface area contributed by atoms with Gasteiger partial charge in [-0.2, -0.15) is 10.2 Å². The molecule has 1 aliphatic carbocycles. The molecular weight excluding hydrogens is 430 g/mol. The van der Waals surface area contributed by atoms with Crippen molar-refractivity contribution in [2.45, 2.75) is 31.9 Å². The Morgan fingerprint density at radius 2 is 2.15 bits per heavy atom. The summed E-state index contributed by atoms with van der Waals surface area (Å²) < 4.78 is 13.5. The number of anilines is 1. The monoisotopic (exact) mass is 455 g/mol. The van der Waals surface area contributed by atoms with E-state index >= 15 is 0 Å². The molecule has 3 aromatic rings. The number of nitriles is 1. The molecule has 34 heavy (non-hydrogen) atoms. The van der Waals surface area contributed by atoms with E-state index < -0.39 is 0 Å². The average molecular weight is 456 g/mol. The van der Waals surface area contributed by atoms with E-state index in [0.29, 0.717) is 42.2 Å². The molecule has 2 aromatic heterocycles. The molecular formula is C25H25N7O2. The summed E-state index contributed by atoms with van der Waals surface area (Å²) in [4.78, 5) is 17.2. The fourth-order valence-corrected chi connectivity index (χ4v) is 4.02. The molecule has 0 spiro atoms. The molecule has 9 nitrogen and oxygen atoms in total. The summed E-state index contributed by atoms with van der Waals surface area (Å²) in [7, 11) is 0. The van der Waals surface area contributed by atoms with Gasteiger partial charge in [-0.05, 0) is 36.6 Å². The molecule has 0 bridgehead atoms. The Morgan fingerprint density at radius 3 is 2.91 bits per heavy atom. The number of aromatic nitrogens is 5. The second kappa shape index (κ2) is 10.3. The van der Waals surface area contributed by atoms with E-state index in [0.717, 1.165) is 37.1 Å². The van der Waals surface area contributed by atoms with E-state index in [9.17, 15) is 5.26 Å². The molecule has 1 fully saturated rings. The standard InChI is InChI=1S/C25H25N7O2/c26-14-20-13-19(3-6-23(20)34-22-7-11-33-12-8-22)24-28-16-29-25(31-24)30-21-4-1-18(2-5-21)15-32-10-9-27-17-32/h1,3-6,9-10,13,16-18,22H,2,7-8,11-12,15H2,(H,28,29,30,31). The Hall–Kier alpha value is -4.03. The number of nitrogens with zero attached hydrogens (tertiary/aromatic N) is 6. The van der Waals surface area contributed by atoms with Gasteiger partial charge < -0.3 is 19.4 Å². The lowest BCUT2D eigenvalue weighted by atomic mass is 9.99. The first-order chi connectivity index (χ1) is 16.8. The van der Waals surface area contributed by atoms with Gasteiger partial charge in [0.2, 0.25) is 5.95 Å². The van der Waals surface area contributed by atoms with E-state index in [-0.39, 0.29) is 6.10 Å². The molecule has 2 aliphatic rings. The first-order valence-corrected chi connectivity index (χ1v) is 11.4. The molecule has 9 heteroatoms. The van der Waals surface area contributed by atoms with Crippen LogP contribution < -0.4 is 10.1 Å². The van der Waals surface area contributed by atoms with Crippen molar-refractivity contribution >= 4 is 5.95 Å². The van der Waals surface area contributed by atoms with Gasteiger partial charge >= 0.3 is 0 Å². The molecule has 0 saturated carbocycles. The predicted octanol–water partition coefficient (Wildman–Crippen LogP) is 3.74. The van der Waals surface area contributed by atoms with E-state index in [2.05, 4.69) is 48.0 Å². The van der Waals surface area contributed by atoms with Gasteiger partial charge in [-0.3, -0.25) is 0 Å². The molecule has 1 atom stereocenters. The van der Waals surface area contributed by atoms with Crippen LogP contribution in [0.1, 0.15) is 24.8 Å². The third-order valence-electron chi connectivity index (χ3n) is 5.84. The van der Waals surface area contributed by atoms with Gasteiger partial charge in [0.25, 0.3) is 0 Å². The average Bonchev–Trinajstić information content (AvgIpc) is 3.39. The fraction of sp³-hybridized carbons (Fsp3) is 0.320. The highest BCUT2D eigenvalue weighted by molar-refractivity contribution is 5.62. The van der Waals surface area contributed by atoms with Gasteiger partial charge in [0, 0.05) is 43.0 Å². The summed E-state index contributed by atoms with van der Waals surface area (Å²) in [5.41, 5.74) is 2.13. The van der Waals surface area contributed by atoms with Crippen molar-refractivity contribution in [3.8, 4) is 23.2 Å². The van der Waals surface area contributed by atoms with Crippen LogP contribution in [-0.2, 0) is 11.3 Å². The van der Waals surface area contributed by atoms with Crippen LogP contribution in [0.4, 0.5) is 5.95 Å². The highest BCUT2D eigenvalue weighted by Crippen LogP contribution is 2.27. The minimum absolute atomic E-state index is 0.0658.